The maximum absolute atomic E-state index is 13.4. The lowest BCUT2D eigenvalue weighted by atomic mass is 9.93. The van der Waals surface area contributed by atoms with E-state index in [1.54, 1.807) is 0 Å². The van der Waals surface area contributed by atoms with Crippen LogP contribution < -0.4 is 5.73 Å². The van der Waals surface area contributed by atoms with Crippen molar-refractivity contribution < 1.29 is 12.8 Å². The van der Waals surface area contributed by atoms with Crippen molar-refractivity contribution in [1.82, 2.24) is 4.31 Å². The Labute approximate surface area is 130 Å². The van der Waals surface area contributed by atoms with Crippen molar-refractivity contribution in [2.75, 3.05) is 13.1 Å². The smallest absolute Gasteiger partial charge is 0.244 e. The Morgan fingerprint density at radius 1 is 1.48 bits per heavy atom. The molecule has 1 aromatic carbocycles. The molecule has 2 atom stereocenters. The van der Waals surface area contributed by atoms with Crippen molar-refractivity contribution >= 4 is 21.6 Å². The van der Waals surface area contributed by atoms with Crippen LogP contribution in [0.5, 0.6) is 0 Å². The van der Waals surface area contributed by atoms with E-state index in [0.29, 0.717) is 13.1 Å². The average molecular weight is 335 g/mol. The van der Waals surface area contributed by atoms with Crippen LogP contribution in [-0.2, 0) is 10.0 Å². The summed E-state index contributed by atoms with van der Waals surface area (Å²) in [5.41, 5.74) is 6.15. The third-order valence-corrected chi connectivity index (χ3v) is 6.32. The summed E-state index contributed by atoms with van der Waals surface area (Å²) in [5, 5.41) is -0.0824. The number of nitrogens with two attached hydrogens (primary N) is 1. The Balaban J connectivity index is 2.36. The van der Waals surface area contributed by atoms with E-state index in [4.69, 9.17) is 17.3 Å². The van der Waals surface area contributed by atoms with E-state index in [1.807, 2.05) is 6.92 Å². The summed E-state index contributed by atoms with van der Waals surface area (Å²) in [6.45, 7) is 4.23. The summed E-state index contributed by atoms with van der Waals surface area (Å²) >= 11 is 5.93. The highest BCUT2D eigenvalue weighted by Gasteiger charge is 2.33. The molecule has 0 bridgehead atoms. The molecule has 0 spiro atoms. The first-order valence-electron chi connectivity index (χ1n) is 6.95. The lowest BCUT2D eigenvalue weighted by molar-refractivity contribution is 0.243. The number of sulfonamides is 1. The molecule has 0 radical (unpaired) electrons. The SMILES string of the molecule is Cc1cc(S(=O)(=O)N2CCC[C@@H]([C@@H](C)N)C2)c(Cl)cc1F. The van der Waals surface area contributed by atoms with Gasteiger partial charge in [-0.2, -0.15) is 4.31 Å². The van der Waals surface area contributed by atoms with Crippen LogP contribution in [0.4, 0.5) is 4.39 Å². The zero-order chi connectivity index (χ0) is 15.8. The van der Waals surface area contributed by atoms with Gasteiger partial charge in [-0.1, -0.05) is 11.6 Å². The fourth-order valence-corrected chi connectivity index (χ4v) is 4.70. The fraction of sp³-hybridized carbons (Fsp3) is 0.571. The summed E-state index contributed by atoms with van der Waals surface area (Å²) in [7, 11) is -3.72. The van der Waals surface area contributed by atoms with Crippen LogP contribution in [-0.4, -0.2) is 31.9 Å². The van der Waals surface area contributed by atoms with Gasteiger partial charge in [-0.3, -0.25) is 0 Å². The number of hydrogen-bond acceptors (Lipinski definition) is 3. The van der Waals surface area contributed by atoms with Crippen LogP contribution in [0.3, 0.4) is 0 Å². The summed E-state index contributed by atoms with van der Waals surface area (Å²) in [5.74, 6) is -0.375. The van der Waals surface area contributed by atoms with E-state index >= 15 is 0 Å². The molecule has 1 aliphatic heterocycles. The first kappa shape index (κ1) is 16.7. The van der Waals surface area contributed by atoms with Gasteiger partial charge in [0.25, 0.3) is 0 Å². The van der Waals surface area contributed by atoms with Gasteiger partial charge in [-0.05, 0) is 50.3 Å². The molecule has 21 heavy (non-hydrogen) atoms. The number of hydrogen-bond donors (Lipinski definition) is 1. The molecule has 0 amide bonds. The summed E-state index contributed by atoms with van der Waals surface area (Å²) in [6, 6.07) is 2.28. The van der Waals surface area contributed by atoms with Gasteiger partial charge in [-0.25, -0.2) is 12.8 Å². The van der Waals surface area contributed by atoms with E-state index in [0.717, 1.165) is 18.9 Å². The molecule has 1 aliphatic rings. The summed E-state index contributed by atoms with van der Waals surface area (Å²) in [6.07, 6.45) is 1.68. The minimum absolute atomic E-state index is 0.0339. The van der Waals surface area contributed by atoms with E-state index in [1.165, 1.54) is 17.3 Å². The summed E-state index contributed by atoms with van der Waals surface area (Å²) in [4.78, 5) is -0.0339. The topological polar surface area (TPSA) is 63.4 Å². The fourth-order valence-electron chi connectivity index (χ4n) is 2.59. The molecule has 7 heteroatoms. The van der Waals surface area contributed by atoms with Gasteiger partial charge < -0.3 is 5.73 Å². The second kappa shape index (κ2) is 6.20. The van der Waals surface area contributed by atoms with Gasteiger partial charge in [0.15, 0.2) is 0 Å². The van der Waals surface area contributed by atoms with Crippen LogP contribution in [0.2, 0.25) is 5.02 Å². The van der Waals surface area contributed by atoms with Gasteiger partial charge in [0, 0.05) is 19.1 Å². The molecule has 2 rings (SSSR count). The van der Waals surface area contributed by atoms with Crippen LogP contribution in [0.1, 0.15) is 25.3 Å². The van der Waals surface area contributed by atoms with Gasteiger partial charge in [-0.15, -0.1) is 0 Å². The summed E-state index contributed by atoms with van der Waals surface area (Å²) < 4.78 is 40.3. The van der Waals surface area contributed by atoms with E-state index in [9.17, 15) is 12.8 Å². The number of benzene rings is 1. The van der Waals surface area contributed by atoms with Crippen molar-refractivity contribution in [2.24, 2.45) is 11.7 Å². The molecule has 1 heterocycles. The predicted octanol–water partition coefficient (Wildman–Crippen LogP) is 2.54. The van der Waals surface area contributed by atoms with Gasteiger partial charge in [0.05, 0.1) is 5.02 Å². The zero-order valence-corrected chi connectivity index (χ0v) is 13.7. The lowest BCUT2D eigenvalue weighted by Gasteiger charge is -2.34. The maximum atomic E-state index is 13.4. The van der Waals surface area contributed by atoms with Gasteiger partial charge in [0.1, 0.15) is 10.7 Å². The minimum atomic E-state index is -3.72. The van der Waals surface area contributed by atoms with Crippen LogP contribution >= 0.6 is 11.6 Å². The largest absolute Gasteiger partial charge is 0.328 e. The Morgan fingerprint density at radius 2 is 2.14 bits per heavy atom. The highest BCUT2D eigenvalue weighted by Crippen LogP contribution is 2.30. The Morgan fingerprint density at radius 3 is 2.76 bits per heavy atom. The van der Waals surface area contributed by atoms with Crippen molar-refractivity contribution in [1.29, 1.82) is 0 Å². The van der Waals surface area contributed by atoms with Crippen molar-refractivity contribution in [3.05, 3.63) is 28.5 Å². The number of aryl methyl sites for hydroxylation is 1. The van der Waals surface area contributed by atoms with Crippen molar-refractivity contribution in [3.63, 3.8) is 0 Å². The molecule has 0 unspecified atom stereocenters. The first-order chi connectivity index (χ1) is 9.73. The predicted molar refractivity (Wildman–Crippen MR) is 81.3 cm³/mol. The molecule has 4 nitrogen and oxygen atoms in total. The number of piperidine rings is 1. The number of halogens is 2. The molecule has 0 saturated carbocycles. The highest BCUT2D eigenvalue weighted by atomic mass is 35.5. The van der Waals surface area contributed by atoms with Crippen molar-refractivity contribution in [3.8, 4) is 0 Å². The van der Waals surface area contributed by atoms with Crippen LogP contribution in [0.15, 0.2) is 17.0 Å². The van der Waals surface area contributed by atoms with E-state index < -0.39 is 15.8 Å². The van der Waals surface area contributed by atoms with Crippen LogP contribution in [0.25, 0.3) is 0 Å². The molecule has 1 aromatic rings. The molecule has 118 valence electrons. The monoisotopic (exact) mass is 334 g/mol. The Kier molecular flexibility index (Phi) is 4.92. The Hall–Kier alpha value is -0.690. The van der Waals surface area contributed by atoms with E-state index in [-0.39, 0.29) is 27.4 Å². The average Bonchev–Trinajstić information content (AvgIpc) is 2.42. The standard InChI is InChI=1S/C14H20ClFN2O2S/c1-9-6-14(12(15)7-13(9)16)21(19,20)18-5-3-4-11(8-18)10(2)17/h6-7,10-11H,3-5,8,17H2,1-2H3/t10-,11-/m1/s1. The quantitative estimate of drug-likeness (QED) is 0.924. The molecule has 2 N–H and O–H groups in total. The van der Waals surface area contributed by atoms with Crippen molar-refractivity contribution in [2.45, 2.75) is 37.6 Å². The van der Waals surface area contributed by atoms with Gasteiger partial charge >= 0.3 is 0 Å². The van der Waals surface area contributed by atoms with Gasteiger partial charge in [0.2, 0.25) is 10.0 Å². The molecular weight excluding hydrogens is 315 g/mol. The highest BCUT2D eigenvalue weighted by molar-refractivity contribution is 7.89. The Bertz CT molecular complexity index is 634. The lowest BCUT2D eigenvalue weighted by Crippen LogP contribution is -2.45. The number of nitrogens with zero attached hydrogens (tertiary/aromatic N) is 1. The third-order valence-electron chi connectivity index (χ3n) is 4.00. The second-order valence-corrected chi connectivity index (χ2v) is 7.97. The molecule has 1 saturated heterocycles. The minimum Gasteiger partial charge on any atom is -0.328 e. The normalized spacial score (nSPS) is 22.2. The zero-order valence-electron chi connectivity index (χ0n) is 12.1. The van der Waals surface area contributed by atoms with Crippen LogP contribution in [0, 0.1) is 18.7 Å². The van der Waals surface area contributed by atoms with E-state index in [2.05, 4.69) is 0 Å². The molecule has 1 fully saturated rings. The number of rotatable bonds is 3. The first-order valence-corrected chi connectivity index (χ1v) is 8.76. The molecular formula is C14H20ClFN2O2S. The molecule has 0 aliphatic carbocycles. The second-order valence-electron chi connectivity index (χ2n) is 5.66. The third kappa shape index (κ3) is 3.39. The maximum Gasteiger partial charge on any atom is 0.244 e. The molecule has 0 aromatic heterocycles.